The molecular weight excluding hydrogens is 418 g/mol. The fourth-order valence-corrected chi connectivity index (χ4v) is 3.83. The van der Waals surface area contributed by atoms with Gasteiger partial charge in [-0.25, -0.2) is 0 Å². The summed E-state index contributed by atoms with van der Waals surface area (Å²) in [6, 6.07) is 24.7. The van der Waals surface area contributed by atoms with Crippen molar-refractivity contribution in [2.75, 3.05) is 34.4 Å². The van der Waals surface area contributed by atoms with Crippen LogP contribution in [-0.4, -0.2) is 39.3 Å². The summed E-state index contributed by atoms with van der Waals surface area (Å²) < 4.78 is 11.2. The van der Waals surface area contributed by atoms with Gasteiger partial charge in [0, 0.05) is 11.6 Å². The van der Waals surface area contributed by atoms with Crippen LogP contribution in [0.5, 0.6) is 11.5 Å². The minimum absolute atomic E-state index is 0.716. The Labute approximate surface area is 197 Å². The summed E-state index contributed by atoms with van der Waals surface area (Å²) in [6.45, 7) is 3.93. The first-order chi connectivity index (χ1) is 15.5. The summed E-state index contributed by atoms with van der Waals surface area (Å²) in [5, 5.41) is 0.738. The first-order valence-corrected chi connectivity index (χ1v) is 11.3. The second kappa shape index (κ2) is 11.8. The highest BCUT2D eigenvalue weighted by molar-refractivity contribution is 6.30. The van der Waals surface area contributed by atoms with E-state index in [2.05, 4.69) is 74.4 Å². The molecule has 0 aliphatic rings. The van der Waals surface area contributed by atoms with Crippen LogP contribution in [0.4, 0.5) is 0 Å². The van der Waals surface area contributed by atoms with Crippen LogP contribution in [0.2, 0.25) is 5.02 Å². The Morgan fingerprint density at radius 2 is 1.38 bits per heavy atom. The predicted molar refractivity (Wildman–Crippen MR) is 135 cm³/mol. The van der Waals surface area contributed by atoms with Gasteiger partial charge in [0.15, 0.2) is 0 Å². The third kappa shape index (κ3) is 6.88. The van der Waals surface area contributed by atoms with Gasteiger partial charge in [0.05, 0.1) is 13.7 Å². The molecule has 0 radical (unpaired) electrons. The molecule has 0 bridgehead atoms. The van der Waals surface area contributed by atoms with Crippen LogP contribution in [0.1, 0.15) is 30.0 Å². The van der Waals surface area contributed by atoms with E-state index in [0.29, 0.717) is 6.61 Å². The van der Waals surface area contributed by atoms with Gasteiger partial charge in [0.1, 0.15) is 11.5 Å². The highest BCUT2D eigenvalue weighted by Crippen LogP contribution is 2.31. The van der Waals surface area contributed by atoms with Gasteiger partial charge >= 0.3 is 0 Å². The van der Waals surface area contributed by atoms with E-state index >= 15 is 0 Å². The van der Waals surface area contributed by atoms with Gasteiger partial charge < -0.3 is 14.4 Å². The van der Waals surface area contributed by atoms with Crippen molar-refractivity contribution in [3.63, 3.8) is 0 Å². The van der Waals surface area contributed by atoms with Gasteiger partial charge in [-0.15, -0.1) is 0 Å². The number of rotatable bonds is 10. The zero-order chi connectivity index (χ0) is 22.9. The van der Waals surface area contributed by atoms with Crippen molar-refractivity contribution < 1.29 is 9.47 Å². The summed E-state index contributed by atoms with van der Waals surface area (Å²) in [7, 11) is 5.84. The maximum absolute atomic E-state index is 6.15. The first-order valence-electron chi connectivity index (χ1n) is 10.9. The van der Waals surface area contributed by atoms with Crippen LogP contribution >= 0.6 is 11.6 Å². The number of allylic oxidation sites excluding steroid dienone is 1. The normalized spacial score (nSPS) is 11.9. The van der Waals surface area contributed by atoms with Crippen molar-refractivity contribution in [3.8, 4) is 11.5 Å². The number of benzene rings is 3. The van der Waals surface area contributed by atoms with Crippen molar-refractivity contribution in [1.82, 2.24) is 4.90 Å². The lowest BCUT2D eigenvalue weighted by Gasteiger charge is -2.15. The number of methoxy groups -OCH3 is 1. The molecule has 4 heteroatoms. The number of halogens is 1. The van der Waals surface area contributed by atoms with E-state index in [0.717, 1.165) is 41.5 Å². The zero-order valence-electron chi connectivity index (χ0n) is 19.4. The Morgan fingerprint density at radius 3 is 1.94 bits per heavy atom. The Kier molecular flexibility index (Phi) is 8.78. The van der Waals surface area contributed by atoms with Crippen molar-refractivity contribution >= 4 is 17.2 Å². The van der Waals surface area contributed by atoms with Crippen LogP contribution in [0.3, 0.4) is 0 Å². The lowest BCUT2D eigenvalue weighted by atomic mass is 9.90. The molecule has 3 rings (SSSR count). The number of hydrogen-bond acceptors (Lipinski definition) is 3. The van der Waals surface area contributed by atoms with Crippen LogP contribution < -0.4 is 9.47 Å². The number of nitrogens with zero attached hydrogens (tertiary/aromatic N) is 1. The van der Waals surface area contributed by atoms with E-state index in [1.165, 1.54) is 22.3 Å². The lowest BCUT2D eigenvalue weighted by Crippen LogP contribution is -2.15. The highest BCUT2D eigenvalue weighted by atomic mass is 35.5. The standard InChI is InChI=1S/C28H32ClNO2/c1-21(20-22-6-14-26(31-4)15-7-22)28(23-8-12-25(29)13-9-23)24-10-16-27(17-11-24)32-19-5-18-30(2)3/h6-17H,5,18-20H2,1-4H3/b28-21+. The molecule has 0 aliphatic heterocycles. The second-order valence-corrected chi connectivity index (χ2v) is 8.65. The first kappa shape index (κ1) is 23.9. The predicted octanol–water partition coefficient (Wildman–Crippen LogP) is 6.74. The molecule has 0 N–H and O–H groups in total. The van der Waals surface area contributed by atoms with E-state index in [1.54, 1.807) is 7.11 Å². The summed E-state index contributed by atoms with van der Waals surface area (Å²) in [5.41, 5.74) is 6.07. The molecule has 0 atom stereocenters. The van der Waals surface area contributed by atoms with Crippen LogP contribution in [0.15, 0.2) is 78.4 Å². The fraction of sp³-hybridized carbons (Fsp3) is 0.286. The third-order valence-electron chi connectivity index (χ3n) is 5.35. The van der Waals surface area contributed by atoms with E-state index in [9.17, 15) is 0 Å². The van der Waals surface area contributed by atoms with Crippen molar-refractivity contribution in [2.45, 2.75) is 19.8 Å². The molecule has 3 aromatic carbocycles. The summed E-state index contributed by atoms with van der Waals surface area (Å²) in [5.74, 6) is 1.77. The topological polar surface area (TPSA) is 21.7 Å². The van der Waals surface area contributed by atoms with Crippen LogP contribution in [-0.2, 0) is 6.42 Å². The molecular formula is C28H32ClNO2. The van der Waals surface area contributed by atoms with Gasteiger partial charge in [-0.05, 0) is 92.5 Å². The molecule has 0 heterocycles. The van der Waals surface area contributed by atoms with E-state index in [-0.39, 0.29) is 0 Å². The lowest BCUT2D eigenvalue weighted by molar-refractivity contribution is 0.281. The molecule has 0 aromatic heterocycles. The number of ether oxygens (including phenoxy) is 2. The fourth-order valence-electron chi connectivity index (χ4n) is 3.70. The van der Waals surface area contributed by atoms with Gasteiger partial charge in [0.2, 0.25) is 0 Å². The van der Waals surface area contributed by atoms with Crippen LogP contribution in [0, 0.1) is 0 Å². The Bertz CT molecular complexity index is 1010. The molecule has 3 aromatic rings. The summed E-state index contributed by atoms with van der Waals surface area (Å²) in [4.78, 5) is 2.17. The second-order valence-electron chi connectivity index (χ2n) is 8.22. The van der Waals surface area contributed by atoms with Gasteiger partial charge in [-0.3, -0.25) is 0 Å². The molecule has 168 valence electrons. The van der Waals surface area contributed by atoms with Gasteiger partial charge in [-0.2, -0.15) is 0 Å². The molecule has 0 saturated carbocycles. The van der Waals surface area contributed by atoms with Crippen molar-refractivity contribution in [1.29, 1.82) is 0 Å². The minimum Gasteiger partial charge on any atom is -0.497 e. The van der Waals surface area contributed by atoms with E-state index in [4.69, 9.17) is 21.1 Å². The molecule has 0 spiro atoms. The molecule has 3 nitrogen and oxygen atoms in total. The highest BCUT2D eigenvalue weighted by Gasteiger charge is 2.11. The van der Waals surface area contributed by atoms with Gasteiger partial charge in [0.25, 0.3) is 0 Å². The van der Waals surface area contributed by atoms with Crippen molar-refractivity contribution in [3.05, 3.63) is 100 Å². The minimum atomic E-state index is 0.716. The molecule has 0 unspecified atom stereocenters. The smallest absolute Gasteiger partial charge is 0.119 e. The average Bonchev–Trinajstić information content (AvgIpc) is 2.79. The van der Waals surface area contributed by atoms with Crippen molar-refractivity contribution in [2.24, 2.45) is 0 Å². The van der Waals surface area contributed by atoms with Crippen LogP contribution in [0.25, 0.3) is 5.57 Å². The maximum atomic E-state index is 6.15. The Balaban J connectivity index is 1.85. The number of hydrogen-bond donors (Lipinski definition) is 0. The average molecular weight is 450 g/mol. The third-order valence-corrected chi connectivity index (χ3v) is 5.60. The monoisotopic (exact) mass is 449 g/mol. The largest absolute Gasteiger partial charge is 0.497 e. The zero-order valence-corrected chi connectivity index (χ0v) is 20.2. The molecule has 0 saturated heterocycles. The Morgan fingerprint density at radius 1 is 0.812 bits per heavy atom. The summed E-state index contributed by atoms with van der Waals surface area (Å²) >= 11 is 6.15. The van der Waals surface area contributed by atoms with E-state index in [1.807, 2.05) is 24.3 Å². The SMILES string of the molecule is COc1ccc(C/C(C)=C(\c2ccc(Cl)cc2)c2ccc(OCCCN(C)C)cc2)cc1. The van der Waals surface area contributed by atoms with Gasteiger partial charge in [-0.1, -0.05) is 53.6 Å². The Hall–Kier alpha value is -2.75. The molecule has 0 aliphatic carbocycles. The quantitative estimate of drug-likeness (QED) is 0.320. The molecule has 0 fully saturated rings. The molecule has 32 heavy (non-hydrogen) atoms. The summed E-state index contributed by atoms with van der Waals surface area (Å²) in [6.07, 6.45) is 1.86. The maximum Gasteiger partial charge on any atom is 0.119 e. The van der Waals surface area contributed by atoms with E-state index < -0.39 is 0 Å². The molecule has 0 amide bonds.